The number of aliphatic hydroxyl groups excluding tert-OH is 1. The van der Waals surface area contributed by atoms with Crippen molar-refractivity contribution in [2.75, 3.05) is 7.05 Å². The molecule has 0 aromatic carbocycles. The number of rotatable bonds is 1. The van der Waals surface area contributed by atoms with Crippen molar-refractivity contribution in [1.29, 1.82) is 0 Å². The highest BCUT2D eigenvalue weighted by atomic mass is 19.1. The van der Waals surface area contributed by atoms with Gasteiger partial charge in [0.25, 0.3) is 0 Å². The van der Waals surface area contributed by atoms with Crippen molar-refractivity contribution in [2.45, 2.75) is 31.6 Å². The Morgan fingerprint density at radius 3 is 2.45 bits per heavy atom. The van der Waals surface area contributed by atoms with Crippen LogP contribution in [0.5, 0.6) is 0 Å². The first-order valence-corrected chi connectivity index (χ1v) is 3.77. The second-order valence-electron chi connectivity index (χ2n) is 3.16. The van der Waals surface area contributed by atoms with E-state index >= 15 is 0 Å². The van der Waals surface area contributed by atoms with Gasteiger partial charge < -0.3 is 5.11 Å². The molecular formula is C8H14FNO. The lowest BCUT2D eigenvalue weighted by atomic mass is 10.1. The van der Waals surface area contributed by atoms with Gasteiger partial charge in [-0.15, -0.1) is 0 Å². The van der Waals surface area contributed by atoms with Gasteiger partial charge in [-0.25, -0.2) is 4.39 Å². The second-order valence-corrected chi connectivity index (χ2v) is 3.16. The van der Waals surface area contributed by atoms with Gasteiger partial charge in [0.2, 0.25) is 0 Å². The summed E-state index contributed by atoms with van der Waals surface area (Å²) >= 11 is 0. The van der Waals surface area contributed by atoms with Crippen LogP contribution < -0.4 is 0 Å². The first kappa shape index (κ1) is 8.53. The molecule has 0 spiro atoms. The third-order valence-corrected chi connectivity index (χ3v) is 2.49. The zero-order chi connectivity index (χ0) is 8.59. The molecule has 1 saturated heterocycles. The highest BCUT2D eigenvalue weighted by molar-refractivity contribution is 5.03. The fourth-order valence-electron chi connectivity index (χ4n) is 1.49. The second kappa shape index (κ2) is 2.81. The van der Waals surface area contributed by atoms with Crippen molar-refractivity contribution < 1.29 is 9.50 Å². The maximum absolute atomic E-state index is 13.0. The number of alkyl halides is 1. The molecule has 3 atom stereocenters. The molecule has 0 saturated carbocycles. The molecule has 0 amide bonds. The van der Waals surface area contributed by atoms with Gasteiger partial charge >= 0.3 is 0 Å². The Morgan fingerprint density at radius 1 is 1.73 bits per heavy atom. The van der Waals surface area contributed by atoms with Crippen LogP contribution in [0.1, 0.15) is 13.3 Å². The molecule has 64 valence electrons. The molecule has 2 nitrogen and oxygen atoms in total. The third kappa shape index (κ3) is 1.38. The molecule has 3 heteroatoms. The molecule has 0 unspecified atom stereocenters. The summed E-state index contributed by atoms with van der Waals surface area (Å²) in [5, 5.41) is 9.06. The Kier molecular flexibility index (Phi) is 2.18. The molecule has 0 bridgehead atoms. The largest absolute Gasteiger partial charge is 0.511 e. The molecule has 0 radical (unpaired) electrons. The molecule has 1 rings (SSSR count). The first-order chi connectivity index (χ1) is 5.04. The monoisotopic (exact) mass is 159 g/mol. The van der Waals surface area contributed by atoms with Crippen LogP contribution in [0.3, 0.4) is 0 Å². The van der Waals surface area contributed by atoms with Crippen molar-refractivity contribution >= 4 is 0 Å². The fraction of sp³-hybridized carbons (Fsp3) is 0.750. The van der Waals surface area contributed by atoms with Gasteiger partial charge in [0.05, 0.1) is 6.04 Å². The highest BCUT2D eigenvalue weighted by Crippen LogP contribution is 2.27. The van der Waals surface area contributed by atoms with E-state index in [0.717, 1.165) is 0 Å². The van der Waals surface area contributed by atoms with Crippen LogP contribution in [0.25, 0.3) is 0 Å². The minimum atomic E-state index is -0.839. The molecule has 1 heterocycles. The number of likely N-dealkylation sites (N-methyl/N-ethyl adjacent to an activating group) is 1. The van der Waals surface area contributed by atoms with Gasteiger partial charge in [-0.05, 0) is 14.0 Å². The van der Waals surface area contributed by atoms with Gasteiger partial charge in [-0.3, -0.25) is 4.90 Å². The Morgan fingerprint density at radius 2 is 2.27 bits per heavy atom. The summed E-state index contributed by atoms with van der Waals surface area (Å²) in [6, 6.07) is -0.302. The summed E-state index contributed by atoms with van der Waals surface area (Å²) in [5.41, 5.74) is 0. The molecule has 0 aromatic rings. The number of nitrogens with zero attached hydrogens (tertiary/aromatic N) is 1. The zero-order valence-corrected chi connectivity index (χ0v) is 6.92. The van der Waals surface area contributed by atoms with Gasteiger partial charge in [0, 0.05) is 12.5 Å². The minimum Gasteiger partial charge on any atom is -0.511 e. The molecule has 11 heavy (non-hydrogen) atoms. The topological polar surface area (TPSA) is 23.5 Å². The number of halogens is 1. The maximum atomic E-state index is 13.0. The SMILES string of the molecule is C=C(O)[C@@H]1C[C@@H](F)[C@H](C)N1C. The highest BCUT2D eigenvalue weighted by Gasteiger charge is 2.37. The lowest BCUT2D eigenvalue weighted by Crippen LogP contribution is -2.32. The number of hydrogen-bond acceptors (Lipinski definition) is 2. The Labute approximate surface area is 66.3 Å². The van der Waals surface area contributed by atoms with E-state index in [2.05, 4.69) is 6.58 Å². The maximum Gasteiger partial charge on any atom is 0.117 e. The number of likely N-dealkylation sites (tertiary alicyclic amines) is 1. The van der Waals surface area contributed by atoms with Crippen molar-refractivity contribution in [1.82, 2.24) is 4.90 Å². The first-order valence-electron chi connectivity index (χ1n) is 3.77. The van der Waals surface area contributed by atoms with E-state index in [1.54, 1.807) is 7.05 Å². The van der Waals surface area contributed by atoms with Crippen LogP contribution in [0.4, 0.5) is 4.39 Å². The van der Waals surface area contributed by atoms with E-state index in [0.29, 0.717) is 6.42 Å². The minimum absolute atomic E-state index is 0.0690. The normalized spacial score (nSPS) is 39.4. The molecule has 1 aliphatic rings. The van der Waals surface area contributed by atoms with Crippen LogP contribution in [0.2, 0.25) is 0 Å². The predicted molar refractivity (Wildman–Crippen MR) is 42.3 cm³/mol. The van der Waals surface area contributed by atoms with E-state index in [-0.39, 0.29) is 17.8 Å². The molecule has 1 aliphatic heterocycles. The number of hydrogen-bond donors (Lipinski definition) is 1. The van der Waals surface area contributed by atoms with E-state index in [9.17, 15) is 4.39 Å². The summed E-state index contributed by atoms with van der Waals surface area (Å²) in [4.78, 5) is 1.81. The van der Waals surface area contributed by atoms with E-state index < -0.39 is 6.17 Å². The van der Waals surface area contributed by atoms with Crippen LogP contribution in [-0.2, 0) is 0 Å². The molecular weight excluding hydrogens is 145 g/mol. The summed E-state index contributed by atoms with van der Waals surface area (Å²) in [5.74, 6) is 0.0690. The average Bonchev–Trinajstić information content (AvgIpc) is 2.17. The van der Waals surface area contributed by atoms with Crippen molar-refractivity contribution in [3.63, 3.8) is 0 Å². The summed E-state index contributed by atoms with van der Waals surface area (Å²) in [7, 11) is 1.80. The molecule has 0 aromatic heterocycles. The predicted octanol–water partition coefficient (Wildman–Crippen LogP) is 1.49. The van der Waals surface area contributed by atoms with E-state index in [4.69, 9.17) is 5.11 Å². The standard InChI is InChI=1S/C8H14FNO/c1-5-7(9)4-8(6(2)11)10(5)3/h5,7-8,11H,2,4H2,1,3H3/t5-,7+,8-/m0/s1. The lowest BCUT2D eigenvalue weighted by molar-refractivity contribution is 0.201. The Balaban J connectivity index is 2.67. The van der Waals surface area contributed by atoms with E-state index in [1.165, 1.54) is 0 Å². The quantitative estimate of drug-likeness (QED) is 0.586. The van der Waals surface area contributed by atoms with Crippen molar-refractivity contribution in [2.24, 2.45) is 0 Å². The van der Waals surface area contributed by atoms with Crippen molar-refractivity contribution in [3.8, 4) is 0 Å². The van der Waals surface area contributed by atoms with Gasteiger partial charge in [0.1, 0.15) is 11.9 Å². The zero-order valence-electron chi connectivity index (χ0n) is 6.92. The van der Waals surface area contributed by atoms with Crippen LogP contribution in [-0.4, -0.2) is 35.3 Å². The van der Waals surface area contributed by atoms with Crippen molar-refractivity contribution in [3.05, 3.63) is 12.3 Å². The molecule has 1 N–H and O–H groups in total. The van der Waals surface area contributed by atoms with Gasteiger partial charge in [0.15, 0.2) is 0 Å². The lowest BCUT2D eigenvalue weighted by Gasteiger charge is -2.21. The fourth-order valence-corrected chi connectivity index (χ4v) is 1.49. The smallest absolute Gasteiger partial charge is 0.117 e. The summed E-state index contributed by atoms with van der Waals surface area (Å²) in [6.07, 6.45) is -0.471. The third-order valence-electron chi connectivity index (χ3n) is 2.49. The van der Waals surface area contributed by atoms with Crippen LogP contribution in [0.15, 0.2) is 12.3 Å². The van der Waals surface area contributed by atoms with E-state index in [1.807, 2.05) is 11.8 Å². The average molecular weight is 159 g/mol. The van der Waals surface area contributed by atoms with Gasteiger partial charge in [-0.2, -0.15) is 0 Å². The van der Waals surface area contributed by atoms with Gasteiger partial charge in [-0.1, -0.05) is 6.58 Å². The van der Waals surface area contributed by atoms with Crippen LogP contribution >= 0.6 is 0 Å². The Hall–Kier alpha value is -0.570. The number of aliphatic hydroxyl groups is 1. The van der Waals surface area contributed by atoms with Crippen LogP contribution in [0, 0.1) is 0 Å². The molecule has 1 fully saturated rings. The Bertz CT molecular complexity index is 171. The summed E-state index contributed by atoms with van der Waals surface area (Å²) < 4.78 is 13.0. The molecule has 0 aliphatic carbocycles. The summed E-state index contributed by atoms with van der Waals surface area (Å²) in [6.45, 7) is 5.22.